The van der Waals surface area contributed by atoms with Crippen LogP contribution < -0.4 is 4.74 Å². The Morgan fingerprint density at radius 2 is 1.42 bits per heavy atom. The van der Waals surface area contributed by atoms with Crippen LogP contribution in [0, 0.1) is 0 Å². The number of azo groups is 1. The second-order valence-electron chi connectivity index (χ2n) is 8.72. The molecule has 0 heterocycles. The van der Waals surface area contributed by atoms with E-state index in [1.807, 2.05) is 50.2 Å². The zero-order valence-electron chi connectivity index (χ0n) is 21.6. The third-order valence-electron chi connectivity index (χ3n) is 5.87. The van der Waals surface area contributed by atoms with Crippen LogP contribution in [-0.2, 0) is 13.6 Å². The molecule has 0 unspecified atom stereocenters. The van der Waals surface area contributed by atoms with Crippen LogP contribution in [0.3, 0.4) is 0 Å². The highest BCUT2D eigenvalue weighted by Crippen LogP contribution is 2.48. The summed E-state index contributed by atoms with van der Waals surface area (Å²) in [6, 6.07) is 15.9. The highest BCUT2D eigenvalue weighted by atomic mass is 31.2. The fourth-order valence-corrected chi connectivity index (χ4v) is 5.77. The number of allylic oxidation sites excluding steroid dienone is 4. The van der Waals surface area contributed by atoms with Crippen molar-refractivity contribution in [1.29, 1.82) is 0 Å². The molecule has 2 aromatic rings. The highest BCUT2D eigenvalue weighted by molar-refractivity contribution is 7.53. The monoisotopic (exact) mass is 510 g/mol. The molecule has 1 aliphatic rings. The minimum atomic E-state index is -2.89. The van der Waals surface area contributed by atoms with E-state index in [2.05, 4.69) is 46.7 Å². The first-order chi connectivity index (χ1) is 17.6. The summed E-state index contributed by atoms with van der Waals surface area (Å²) < 4.78 is 29.0. The van der Waals surface area contributed by atoms with Crippen molar-refractivity contribution in [2.75, 3.05) is 26.0 Å². The molecule has 1 aliphatic carbocycles. The van der Waals surface area contributed by atoms with Crippen LogP contribution in [-0.4, -0.2) is 26.0 Å². The molecule has 0 aromatic heterocycles. The Morgan fingerprint density at radius 3 is 2.11 bits per heavy atom. The van der Waals surface area contributed by atoms with Gasteiger partial charge in [0.25, 0.3) is 0 Å². The molecule has 0 bridgehead atoms. The Balaban J connectivity index is 1.29. The molecule has 0 spiro atoms. The van der Waals surface area contributed by atoms with Crippen LogP contribution in [0.2, 0.25) is 0 Å². The molecule has 0 N–H and O–H groups in total. The largest absolute Gasteiger partial charge is 0.494 e. The van der Waals surface area contributed by atoms with Gasteiger partial charge in [0, 0.05) is 5.92 Å². The first kappa shape index (κ1) is 28.0. The number of hydrogen-bond donors (Lipinski definition) is 0. The van der Waals surface area contributed by atoms with Crippen LogP contribution in [0.1, 0.15) is 63.9 Å². The maximum absolute atomic E-state index is 12.4. The van der Waals surface area contributed by atoms with Crippen LogP contribution in [0.5, 0.6) is 5.75 Å². The van der Waals surface area contributed by atoms with Crippen LogP contribution >= 0.6 is 7.60 Å². The van der Waals surface area contributed by atoms with E-state index in [1.165, 1.54) is 5.56 Å². The first-order valence-corrected chi connectivity index (χ1v) is 14.8. The number of unbranched alkanes of at least 4 members (excludes halogenated alkanes) is 5. The summed E-state index contributed by atoms with van der Waals surface area (Å²) in [6.45, 7) is 5.24. The van der Waals surface area contributed by atoms with Gasteiger partial charge in [-0.2, -0.15) is 10.2 Å². The average molecular weight is 511 g/mol. The number of benzene rings is 2. The Morgan fingerprint density at radius 1 is 0.778 bits per heavy atom. The van der Waals surface area contributed by atoms with Crippen molar-refractivity contribution < 1.29 is 18.3 Å². The van der Waals surface area contributed by atoms with Gasteiger partial charge in [0.05, 0.1) is 37.4 Å². The normalized spacial score (nSPS) is 13.7. The van der Waals surface area contributed by atoms with E-state index in [4.69, 9.17) is 13.8 Å². The van der Waals surface area contributed by atoms with Gasteiger partial charge in [0.1, 0.15) is 5.75 Å². The van der Waals surface area contributed by atoms with Gasteiger partial charge >= 0.3 is 7.60 Å². The van der Waals surface area contributed by atoms with E-state index in [1.54, 1.807) is 0 Å². The van der Waals surface area contributed by atoms with Crippen molar-refractivity contribution >= 4 is 19.0 Å². The molecule has 0 saturated carbocycles. The highest BCUT2D eigenvalue weighted by Gasteiger charge is 2.22. The Bertz CT molecular complexity index is 1030. The van der Waals surface area contributed by atoms with E-state index >= 15 is 0 Å². The topological polar surface area (TPSA) is 69.5 Å². The summed E-state index contributed by atoms with van der Waals surface area (Å²) >= 11 is 0. The third-order valence-corrected chi connectivity index (χ3v) is 8.03. The average Bonchev–Trinajstić information content (AvgIpc) is 3.43. The van der Waals surface area contributed by atoms with Gasteiger partial charge in [0.15, 0.2) is 0 Å². The van der Waals surface area contributed by atoms with Crippen molar-refractivity contribution in [2.45, 2.75) is 58.3 Å². The van der Waals surface area contributed by atoms with Crippen molar-refractivity contribution in [2.24, 2.45) is 10.2 Å². The molecule has 0 atom stereocenters. The van der Waals surface area contributed by atoms with Gasteiger partial charge in [-0.25, -0.2) is 0 Å². The predicted octanol–water partition coefficient (Wildman–Crippen LogP) is 9.30. The smallest absolute Gasteiger partial charge is 0.330 e. The molecule has 7 heteroatoms. The number of rotatable bonds is 17. The SMILES string of the molecule is CCOP(=O)(CCCCCCCCOc1ccc(N=Nc2cccc(C3C=CC=C3)c2)cc1)OCC. The van der Waals surface area contributed by atoms with E-state index in [9.17, 15) is 4.57 Å². The van der Waals surface area contributed by atoms with E-state index in [-0.39, 0.29) is 0 Å². The van der Waals surface area contributed by atoms with Crippen molar-refractivity contribution in [3.05, 3.63) is 78.4 Å². The number of nitrogens with zero attached hydrogens (tertiary/aromatic N) is 2. The lowest BCUT2D eigenvalue weighted by Gasteiger charge is -2.16. The molecule has 2 aromatic carbocycles. The molecule has 36 heavy (non-hydrogen) atoms. The van der Waals surface area contributed by atoms with Crippen LogP contribution in [0.15, 0.2) is 83.1 Å². The fourth-order valence-electron chi connectivity index (χ4n) is 4.04. The van der Waals surface area contributed by atoms with Crippen LogP contribution in [0.4, 0.5) is 11.4 Å². The molecular formula is C29H39N2O4P. The Kier molecular flexibility index (Phi) is 12.1. The Labute approximate surface area is 216 Å². The fraction of sp³-hybridized carbons (Fsp3) is 0.448. The van der Waals surface area contributed by atoms with Gasteiger partial charge in [-0.3, -0.25) is 4.57 Å². The van der Waals surface area contributed by atoms with Crippen molar-refractivity contribution in [3.8, 4) is 5.75 Å². The zero-order chi connectivity index (χ0) is 25.5. The first-order valence-electron chi connectivity index (χ1n) is 13.1. The van der Waals surface area contributed by atoms with Gasteiger partial charge in [-0.15, -0.1) is 0 Å². The summed E-state index contributed by atoms with van der Waals surface area (Å²) in [7, 11) is -2.89. The van der Waals surface area contributed by atoms with Gasteiger partial charge in [0.2, 0.25) is 0 Å². The van der Waals surface area contributed by atoms with Gasteiger partial charge < -0.3 is 13.8 Å². The van der Waals surface area contributed by atoms with Crippen molar-refractivity contribution in [1.82, 2.24) is 0 Å². The molecule has 6 nitrogen and oxygen atoms in total. The Hall–Kier alpha value is -2.53. The van der Waals surface area contributed by atoms with E-state index in [0.29, 0.717) is 31.9 Å². The van der Waals surface area contributed by atoms with Gasteiger partial charge in [-0.1, -0.05) is 62.1 Å². The molecular weight excluding hydrogens is 471 g/mol. The number of hydrogen-bond acceptors (Lipinski definition) is 6. The maximum atomic E-state index is 12.4. The van der Waals surface area contributed by atoms with E-state index < -0.39 is 7.60 Å². The molecule has 0 saturated heterocycles. The van der Waals surface area contributed by atoms with E-state index in [0.717, 1.165) is 55.6 Å². The second kappa shape index (κ2) is 15.6. The third kappa shape index (κ3) is 9.85. The minimum absolute atomic E-state index is 0.322. The molecule has 0 fully saturated rings. The summed E-state index contributed by atoms with van der Waals surface area (Å²) in [4.78, 5) is 0. The predicted molar refractivity (Wildman–Crippen MR) is 147 cm³/mol. The molecule has 0 amide bonds. The lowest BCUT2D eigenvalue weighted by atomic mass is 10.0. The summed E-state index contributed by atoms with van der Waals surface area (Å²) in [5.41, 5.74) is 2.86. The number of ether oxygens (including phenoxy) is 1. The maximum Gasteiger partial charge on any atom is 0.330 e. The molecule has 0 radical (unpaired) electrons. The molecule has 194 valence electrons. The quantitative estimate of drug-likeness (QED) is 0.121. The molecule has 0 aliphatic heterocycles. The van der Waals surface area contributed by atoms with Crippen molar-refractivity contribution in [3.63, 3.8) is 0 Å². The zero-order valence-corrected chi connectivity index (χ0v) is 22.4. The lowest BCUT2D eigenvalue weighted by Crippen LogP contribution is -2.00. The summed E-state index contributed by atoms with van der Waals surface area (Å²) in [5, 5.41) is 8.76. The standard InChI is InChI=1S/C29H39N2O4P/c1-3-34-36(32,35-4-2)23-12-8-6-5-7-11-22-33-29-20-18-27(19-21-29)30-31-28-17-13-16-26(24-28)25-14-9-10-15-25/h9-10,13-21,24-25H,3-8,11-12,22-23H2,1-2H3. The summed E-state index contributed by atoms with van der Waals surface area (Å²) in [5.74, 6) is 1.17. The van der Waals surface area contributed by atoms with Crippen LogP contribution in [0.25, 0.3) is 0 Å². The van der Waals surface area contributed by atoms with Gasteiger partial charge in [-0.05, 0) is 68.7 Å². The molecule has 3 rings (SSSR count). The minimum Gasteiger partial charge on any atom is -0.494 e. The second-order valence-corrected chi connectivity index (χ2v) is 10.9. The lowest BCUT2D eigenvalue weighted by molar-refractivity contribution is 0.219. The summed E-state index contributed by atoms with van der Waals surface area (Å²) in [6.07, 6.45) is 15.3.